The Labute approximate surface area is 350 Å². The van der Waals surface area contributed by atoms with Crippen LogP contribution in [0, 0.1) is 17.9 Å². The Balaban J connectivity index is 1.46. The highest BCUT2D eigenvalue weighted by atomic mass is 35.5. The molecule has 2 aromatic carbocycles. The van der Waals surface area contributed by atoms with E-state index in [-0.39, 0.29) is 52.9 Å². The summed E-state index contributed by atoms with van der Waals surface area (Å²) in [5.41, 5.74) is 6.90. The molecule has 2 aromatic heterocycles. The number of pyridine rings is 1. The number of nitrogens with two attached hydrogens (primary N) is 1. The molecule has 0 bridgehead atoms. The number of benzene rings is 2. The van der Waals surface area contributed by atoms with Crippen molar-refractivity contribution in [3.8, 4) is 34.4 Å². The summed E-state index contributed by atoms with van der Waals surface area (Å²) in [7, 11) is 0. The summed E-state index contributed by atoms with van der Waals surface area (Å²) >= 11 is 7.19. The van der Waals surface area contributed by atoms with Gasteiger partial charge in [0, 0.05) is 21.9 Å². The third-order valence-corrected chi connectivity index (χ3v) is 8.69. The average Bonchev–Trinajstić information content (AvgIpc) is 3.64. The number of ether oxygens (including phenoxy) is 5. The Kier molecular flexibility index (Phi) is 15.7. The van der Waals surface area contributed by atoms with Crippen molar-refractivity contribution in [2.24, 2.45) is 0 Å². The van der Waals surface area contributed by atoms with Crippen LogP contribution in [0.4, 0.5) is 16.3 Å². The van der Waals surface area contributed by atoms with Gasteiger partial charge < -0.3 is 39.2 Å². The van der Waals surface area contributed by atoms with E-state index in [2.05, 4.69) is 26.2 Å². The normalized spacial score (nSPS) is 11.7. The lowest BCUT2D eigenvalue weighted by atomic mass is 10.00. The molecule has 59 heavy (non-hydrogen) atoms. The monoisotopic (exact) mass is 846 g/mol. The third kappa shape index (κ3) is 14.5. The zero-order valence-corrected chi connectivity index (χ0v) is 34.8. The number of thioether (sulfide) groups is 1. The van der Waals surface area contributed by atoms with Gasteiger partial charge >= 0.3 is 24.0 Å². The van der Waals surface area contributed by atoms with E-state index < -0.39 is 54.5 Å². The van der Waals surface area contributed by atoms with Crippen LogP contribution in [-0.2, 0) is 39.1 Å². The summed E-state index contributed by atoms with van der Waals surface area (Å²) < 4.78 is 32.6. The molecule has 0 radical (unpaired) electrons. The molecule has 1 amide bonds. The van der Waals surface area contributed by atoms with Gasteiger partial charge in [-0.1, -0.05) is 35.5 Å². The van der Waals surface area contributed by atoms with Gasteiger partial charge in [0.1, 0.15) is 59.9 Å². The maximum absolute atomic E-state index is 12.7. The van der Waals surface area contributed by atoms with Crippen molar-refractivity contribution < 1.29 is 47.3 Å². The fourth-order valence-corrected chi connectivity index (χ4v) is 5.98. The van der Waals surface area contributed by atoms with Crippen LogP contribution in [0.3, 0.4) is 0 Å². The number of carbonyl (C=O) groups excluding carboxylic acids is 4. The molecule has 2 heterocycles. The number of hydrogen-bond donors (Lipinski definition) is 2. The van der Waals surface area contributed by atoms with Crippen molar-refractivity contribution >= 4 is 58.9 Å². The van der Waals surface area contributed by atoms with E-state index in [1.54, 1.807) is 90.1 Å². The molecule has 0 spiro atoms. The smallest absolute Gasteiger partial charge is 0.408 e. The van der Waals surface area contributed by atoms with Crippen molar-refractivity contribution in [1.29, 1.82) is 5.26 Å². The van der Waals surface area contributed by atoms with Gasteiger partial charge in [-0.15, -0.1) is 0 Å². The number of rotatable bonds is 16. The first-order valence-corrected chi connectivity index (χ1v) is 19.4. The van der Waals surface area contributed by atoms with Gasteiger partial charge in [0.25, 0.3) is 0 Å². The Hall–Kier alpha value is -6.30. The Morgan fingerprint density at radius 2 is 1.58 bits per heavy atom. The first-order chi connectivity index (χ1) is 27.8. The van der Waals surface area contributed by atoms with Gasteiger partial charge in [-0.3, -0.25) is 14.4 Å². The second-order valence-electron chi connectivity index (χ2n) is 14.6. The van der Waals surface area contributed by atoms with Crippen LogP contribution < -0.4 is 15.8 Å². The van der Waals surface area contributed by atoms with E-state index in [1.165, 1.54) is 18.0 Å². The number of anilines is 1. The molecule has 4 aromatic rings. The van der Waals surface area contributed by atoms with Crippen LogP contribution in [0.1, 0.15) is 65.6 Å². The molecule has 0 aliphatic heterocycles. The molecule has 310 valence electrons. The SMILES string of the molecule is [C-]#[N+]c1c(N)nc(SCc2coc(-c3ccc(Cl)cc3)n2)c(C#N)c1-c1ccc(OC[C@@H](COC(=O)CCC(=O)OC(C)(C)C)OC(=O)CNC(=O)OC(C)(C)C)cc1. The number of nitrogen functional groups attached to an aromatic ring is 1. The van der Waals surface area contributed by atoms with Gasteiger partial charge in [-0.25, -0.2) is 19.6 Å². The number of aromatic nitrogens is 2. The van der Waals surface area contributed by atoms with Crippen LogP contribution in [0.25, 0.3) is 27.4 Å². The topological polar surface area (TPSA) is 220 Å². The number of amides is 1. The van der Waals surface area contributed by atoms with Crippen LogP contribution in [0.15, 0.2) is 64.2 Å². The maximum Gasteiger partial charge on any atom is 0.408 e. The molecule has 18 heteroatoms. The minimum Gasteiger partial charge on any atom is -0.490 e. The molecular formula is C41H43ClN6O10S. The lowest BCUT2D eigenvalue weighted by Crippen LogP contribution is -2.38. The largest absolute Gasteiger partial charge is 0.490 e. The number of hydrogen-bond acceptors (Lipinski definition) is 15. The Bertz CT molecular complexity index is 2220. The minimum absolute atomic E-state index is 0.00789. The van der Waals surface area contributed by atoms with E-state index in [4.69, 9.17) is 52.0 Å². The fourth-order valence-electron chi connectivity index (χ4n) is 4.98. The number of nitrogens with zero attached hydrogens (tertiary/aromatic N) is 4. The molecule has 0 unspecified atom stereocenters. The predicted octanol–water partition coefficient (Wildman–Crippen LogP) is 7.83. The molecule has 3 N–H and O–H groups in total. The van der Waals surface area contributed by atoms with Crippen LogP contribution >= 0.6 is 23.4 Å². The number of esters is 3. The third-order valence-electron chi connectivity index (χ3n) is 7.43. The molecule has 4 rings (SSSR count). The standard InChI is InChI=1S/C41H43ClN6O10S/c1-40(2,3)57-32(50)17-16-31(49)54-22-29(56-33(51)19-46-39(52)58-41(4,5)6)21-53-28-14-10-24(11-15-28)34-30(18-43)38(48-36(44)35(34)45-7)59-23-27-20-55-37(47-27)25-8-12-26(42)13-9-25/h8-15,20,29H,16-17,19,21-23H2,1-6H3,(H2,44,48)(H,46,52)/t29-/m0/s1. The first kappa shape index (κ1) is 45.4. The summed E-state index contributed by atoms with van der Waals surface area (Å²) in [6.07, 6.45) is -0.970. The van der Waals surface area contributed by atoms with E-state index in [1.807, 2.05) is 0 Å². The number of nitriles is 1. The highest BCUT2D eigenvalue weighted by Gasteiger charge is 2.24. The summed E-state index contributed by atoms with van der Waals surface area (Å²) in [4.78, 5) is 61.7. The van der Waals surface area contributed by atoms with Crippen molar-refractivity contribution in [2.45, 2.75) is 82.5 Å². The van der Waals surface area contributed by atoms with E-state index in [9.17, 15) is 24.4 Å². The van der Waals surface area contributed by atoms with Crippen LogP contribution in [0.2, 0.25) is 5.02 Å². The van der Waals surface area contributed by atoms with E-state index in [0.29, 0.717) is 27.9 Å². The van der Waals surface area contributed by atoms with Gasteiger partial charge in [-0.05, 0) is 83.5 Å². The number of carbonyl (C=O) groups is 4. The fraction of sp³-hybridized carbons (Fsp3) is 0.366. The van der Waals surface area contributed by atoms with Gasteiger partial charge in [0.2, 0.25) is 11.6 Å². The van der Waals surface area contributed by atoms with Crippen molar-refractivity contribution in [2.75, 3.05) is 25.5 Å². The lowest BCUT2D eigenvalue weighted by molar-refractivity contribution is -0.162. The van der Waals surface area contributed by atoms with Crippen molar-refractivity contribution in [3.63, 3.8) is 0 Å². The summed E-state index contributed by atoms with van der Waals surface area (Å²) in [6.45, 7) is 16.6. The highest BCUT2D eigenvalue weighted by molar-refractivity contribution is 7.98. The molecule has 1 atom stereocenters. The zero-order valence-electron chi connectivity index (χ0n) is 33.3. The summed E-state index contributed by atoms with van der Waals surface area (Å²) in [5.74, 6) is -1.28. The van der Waals surface area contributed by atoms with Crippen molar-refractivity contribution in [1.82, 2.24) is 15.3 Å². The van der Waals surface area contributed by atoms with Crippen LogP contribution in [0.5, 0.6) is 5.75 Å². The minimum atomic E-state index is -1.14. The molecule has 0 aliphatic rings. The van der Waals surface area contributed by atoms with E-state index >= 15 is 0 Å². The second kappa shape index (κ2) is 20.4. The number of halogens is 1. The number of nitrogens with one attached hydrogen (secondary N) is 1. The average molecular weight is 847 g/mol. The summed E-state index contributed by atoms with van der Waals surface area (Å²) in [6, 6.07) is 15.6. The highest BCUT2D eigenvalue weighted by Crippen LogP contribution is 2.42. The lowest BCUT2D eigenvalue weighted by Gasteiger charge is -2.21. The quantitative estimate of drug-likeness (QED) is 0.0475. The van der Waals surface area contributed by atoms with Crippen LogP contribution in [-0.4, -0.2) is 71.0 Å². The van der Waals surface area contributed by atoms with Gasteiger partial charge in [0.05, 0.1) is 30.7 Å². The second-order valence-corrected chi connectivity index (χ2v) is 16.0. The molecule has 0 aliphatic carbocycles. The Morgan fingerprint density at radius 3 is 2.20 bits per heavy atom. The molecule has 16 nitrogen and oxygen atoms in total. The first-order valence-electron chi connectivity index (χ1n) is 18.0. The zero-order chi connectivity index (χ0) is 43.3. The Morgan fingerprint density at radius 1 is 0.932 bits per heavy atom. The molecule has 0 saturated heterocycles. The summed E-state index contributed by atoms with van der Waals surface area (Å²) in [5, 5.41) is 13.4. The van der Waals surface area contributed by atoms with Gasteiger partial charge in [0.15, 0.2) is 6.10 Å². The number of oxazole rings is 1. The molecular weight excluding hydrogens is 804 g/mol. The predicted molar refractivity (Wildman–Crippen MR) is 217 cm³/mol. The molecule has 0 fully saturated rings. The molecule has 0 saturated carbocycles. The maximum atomic E-state index is 12.7. The van der Waals surface area contributed by atoms with E-state index in [0.717, 1.165) is 5.56 Å². The van der Waals surface area contributed by atoms with Gasteiger partial charge in [-0.2, -0.15) is 5.26 Å². The van der Waals surface area contributed by atoms with Crippen molar-refractivity contribution in [3.05, 3.63) is 82.5 Å². The number of alkyl carbamates (subject to hydrolysis) is 1.